The van der Waals surface area contributed by atoms with Gasteiger partial charge in [0.25, 0.3) is 5.91 Å². The lowest BCUT2D eigenvalue weighted by molar-refractivity contribution is -0.120. The quantitative estimate of drug-likeness (QED) is 0.917. The number of benzene rings is 1. The van der Waals surface area contributed by atoms with E-state index in [1.807, 2.05) is 0 Å². The van der Waals surface area contributed by atoms with E-state index in [-0.39, 0.29) is 23.8 Å². The van der Waals surface area contributed by atoms with E-state index >= 15 is 0 Å². The minimum Gasteiger partial charge on any atom is -0.345 e. The number of amides is 1. The second-order valence-corrected chi connectivity index (χ2v) is 4.77. The summed E-state index contributed by atoms with van der Waals surface area (Å²) in [5, 5.41) is 3.25. The largest absolute Gasteiger partial charge is 0.345 e. The lowest BCUT2D eigenvalue weighted by Crippen LogP contribution is -2.31. The molecule has 0 bridgehead atoms. The SMILES string of the molecule is CC(C)C(=O)CNC(=O)c1cc(Cl)ccc1Cl. The van der Waals surface area contributed by atoms with Gasteiger partial charge in [0.1, 0.15) is 0 Å². The Bertz CT molecular complexity index is 444. The van der Waals surface area contributed by atoms with E-state index in [0.717, 1.165) is 0 Å². The predicted octanol–water partition coefficient (Wildman–Crippen LogP) is 2.95. The highest BCUT2D eigenvalue weighted by Gasteiger charge is 2.13. The molecule has 1 aromatic rings. The molecule has 17 heavy (non-hydrogen) atoms. The maximum atomic E-state index is 11.7. The maximum Gasteiger partial charge on any atom is 0.253 e. The average Bonchev–Trinajstić information content (AvgIpc) is 2.28. The van der Waals surface area contributed by atoms with Crippen molar-refractivity contribution in [2.24, 2.45) is 5.92 Å². The molecule has 1 rings (SSSR count). The minimum atomic E-state index is -0.397. The molecule has 0 aliphatic rings. The topological polar surface area (TPSA) is 46.2 Å². The number of carbonyl (C=O) groups excluding carboxylic acids is 2. The van der Waals surface area contributed by atoms with Crippen LogP contribution in [0.4, 0.5) is 0 Å². The summed E-state index contributed by atoms with van der Waals surface area (Å²) in [6.45, 7) is 3.56. The van der Waals surface area contributed by atoms with Gasteiger partial charge in [0.2, 0.25) is 0 Å². The van der Waals surface area contributed by atoms with Gasteiger partial charge in [0.15, 0.2) is 5.78 Å². The number of ketones is 1. The van der Waals surface area contributed by atoms with Crippen LogP contribution in [0.1, 0.15) is 24.2 Å². The Morgan fingerprint density at radius 2 is 1.94 bits per heavy atom. The molecule has 0 fully saturated rings. The molecule has 1 N–H and O–H groups in total. The maximum absolute atomic E-state index is 11.7. The first-order valence-corrected chi connectivity index (χ1v) is 5.93. The molecule has 1 amide bonds. The third kappa shape index (κ3) is 4.02. The first-order chi connectivity index (χ1) is 7.91. The summed E-state index contributed by atoms with van der Waals surface area (Å²) in [5.41, 5.74) is 0.274. The monoisotopic (exact) mass is 273 g/mol. The Hall–Kier alpha value is -1.06. The average molecular weight is 274 g/mol. The van der Waals surface area contributed by atoms with Gasteiger partial charge < -0.3 is 5.32 Å². The molecule has 0 saturated heterocycles. The normalized spacial score (nSPS) is 10.4. The summed E-state index contributed by atoms with van der Waals surface area (Å²) in [6, 6.07) is 4.61. The third-order valence-electron chi connectivity index (χ3n) is 2.24. The Morgan fingerprint density at radius 1 is 1.29 bits per heavy atom. The standard InChI is InChI=1S/C12H13Cl2NO2/c1-7(2)11(16)6-15-12(17)9-5-8(13)3-4-10(9)14/h3-5,7H,6H2,1-2H3,(H,15,17). The van der Waals surface area contributed by atoms with Gasteiger partial charge in [-0.2, -0.15) is 0 Å². The second kappa shape index (κ2) is 6.03. The summed E-state index contributed by atoms with van der Waals surface area (Å²) in [5.74, 6) is -0.534. The van der Waals surface area contributed by atoms with Gasteiger partial charge in [-0.3, -0.25) is 9.59 Å². The molecule has 0 aromatic heterocycles. The third-order valence-corrected chi connectivity index (χ3v) is 2.80. The van der Waals surface area contributed by atoms with E-state index in [4.69, 9.17) is 23.2 Å². The fraction of sp³-hybridized carbons (Fsp3) is 0.333. The number of hydrogen-bond donors (Lipinski definition) is 1. The van der Waals surface area contributed by atoms with Crippen LogP contribution in [0.15, 0.2) is 18.2 Å². The van der Waals surface area contributed by atoms with Crippen molar-refractivity contribution in [1.29, 1.82) is 0 Å². The number of Topliss-reactive ketones (excluding diaryl/α,β-unsaturated/α-hetero) is 1. The summed E-state index contributed by atoms with van der Waals surface area (Å²) in [7, 11) is 0. The van der Waals surface area contributed by atoms with Gasteiger partial charge in [0, 0.05) is 10.9 Å². The molecular weight excluding hydrogens is 261 g/mol. The van der Waals surface area contributed by atoms with Crippen molar-refractivity contribution in [2.75, 3.05) is 6.54 Å². The molecule has 92 valence electrons. The van der Waals surface area contributed by atoms with E-state index in [0.29, 0.717) is 10.0 Å². The molecule has 0 atom stereocenters. The summed E-state index contributed by atoms with van der Waals surface area (Å²) >= 11 is 11.6. The van der Waals surface area contributed by atoms with Crippen LogP contribution in [0, 0.1) is 5.92 Å². The van der Waals surface area contributed by atoms with Gasteiger partial charge in [-0.25, -0.2) is 0 Å². The molecule has 1 aromatic carbocycles. The van der Waals surface area contributed by atoms with Crippen LogP contribution in [-0.4, -0.2) is 18.2 Å². The van der Waals surface area contributed by atoms with E-state index in [9.17, 15) is 9.59 Å². The van der Waals surface area contributed by atoms with Crippen molar-refractivity contribution in [3.05, 3.63) is 33.8 Å². The highest BCUT2D eigenvalue weighted by molar-refractivity contribution is 6.35. The molecule has 0 saturated carbocycles. The van der Waals surface area contributed by atoms with Crippen LogP contribution >= 0.6 is 23.2 Å². The van der Waals surface area contributed by atoms with Crippen LogP contribution in [0.25, 0.3) is 0 Å². The van der Waals surface area contributed by atoms with Gasteiger partial charge in [0.05, 0.1) is 17.1 Å². The van der Waals surface area contributed by atoms with Crippen LogP contribution in [0.2, 0.25) is 10.0 Å². The van der Waals surface area contributed by atoms with E-state index in [1.54, 1.807) is 26.0 Å². The van der Waals surface area contributed by atoms with Gasteiger partial charge in [-0.1, -0.05) is 37.0 Å². The van der Waals surface area contributed by atoms with Gasteiger partial charge in [-0.05, 0) is 18.2 Å². The highest BCUT2D eigenvalue weighted by Crippen LogP contribution is 2.20. The van der Waals surface area contributed by atoms with Crippen molar-refractivity contribution in [3.63, 3.8) is 0 Å². The lowest BCUT2D eigenvalue weighted by atomic mass is 10.1. The van der Waals surface area contributed by atoms with Crippen molar-refractivity contribution in [1.82, 2.24) is 5.32 Å². The highest BCUT2D eigenvalue weighted by atomic mass is 35.5. The van der Waals surface area contributed by atoms with E-state index < -0.39 is 5.91 Å². The number of rotatable bonds is 4. The summed E-state index contributed by atoms with van der Waals surface area (Å²) in [6.07, 6.45) is 0. The van der Waals surface area contributed by atoms with Crippen molar-refractivity contribution >= 4 is 34.9 Å². The number of nitrogens with one attached hydrogen (secondary N) is 1. The van der Waals surface area contributed by atoms with Crippen molar-refractivity contribution < 1.29 is 9.59 Å². The first kappa shape index (κ1) is 14.0. The van der Waals surface area contributed by atoms with Crippen LogP contribution in [-0.2, 0) is 4.79 Å². The summed E-state index contributed by atoms with van der Waals surface area (Å²) < 4.78 is 0. The Labute approximate surface area is 110 Å². The fourth-order valence-electron chi connectivity index (χ4n) is 1.14. The van der Waals surface area contributed by atoms with Crippen LogP contribution in [0.3, 0.4) is 0 Å². The zero-order valence-electron chi connectivity index (χ0n) is 9.59. The molecule has 0 aliphatic heterocycles. The molecule has 3 nitrogen and oxygen atoms in total. The zero-order valence-corrected chi connectivity index (χ0v) is 11.1. The molecule has 0 aliphatic carbocycles. The Kier molecular flexibility index (Phi) is 4.97. The summed E-state index contributed by atoms with van der Waals surface area (Å²) in [4.78, 5) is 23.1. The van der Waals surface area contributed by atoms with Crippen molar-refractivity contribution in [3.8, 4) is 0 Å². The smallest absolute Gasteiger partial charge is 0.253 e. The van der Waals surface area contributed by atoms with E-state index in [1.165, 1.54) is 6.07 Å². The molecule has 0 spiro atoms. The molecule has 0 radical (unpaired) electrons. The Morgan fingerprint density at radius 3 is 2.53 bits per heavy atom. The molecular formula is C12H13Cl2NO2. The zero-order chi connectivity index (χ0) is 13.0. The fourth-order valence-corrected chi connectivity index (χ4v) is 1.51. The van der Waals surface area contributed by atoms with Crippen LogP contribution in [0.5, 0.6) is 0 Å². The molecule has 5 heteroatoms. The predicted molar refractivity (Wildman–Crippen MR) is 68.6 cm³/mol. The number of halogens is 2. The number of carbonyl (C=O) groups is 2. The lowest BCUT2D eigenvalue weighted by Gasteiger charge is -2.08. The second-order valence-electron chi connectivity index (χ2n) is 3.93. The minimum absolute atomic E-state index is 0.000653. The van der Waals surface area contributed by atoms with Crippen LogP contribution < -0.4 is 5.32 Å². The Balaban J connectivity index is 2.70. The molecule has 0 heterocycles. The van der Waals surface area contributed by atoms with Crippen molar-refractivity contribution in [2.45, 2.75) is 13.8 Å². The van der Waals surface area contributed by atoms with Gasteiger partial charge >= 0.3 is 0 Å². The van der Waals surface area contributed by atoms with Gasteiger partial charge in [-0.15, -0.1) is 0 Å². The first-order valence-electron chi connectivity index (χ1n) is 5.17. The van der Waals surface area contributed by atoms with E-state index in [2.05, 4.69) is 5.32 Å². The molecule has 0 unspecified atom stereocenters. The number of hydrogen-bond acceptors (Lipinski definition) is 2.